The van der Waals surface area contributed by atoms with Crippen LogP contribution in [0, 0.1) is 0 Å². The van der Waals surface area contributed by atoms with E-state index in [0.717, 1.165) is 23.7 Å². The lowest BCUT2D eigenvalue weighted by atomic mass is 10.1. The van der Waals surface area contributed by atoms with Gasteiger partial charge >= 0.3 is 0 Å². The second kappa shape index (κ2) is 8.23. The topological polar surface area (TPSA) is 27.7 Å². The first-order valence-corrected chi connectivity index (χ1v) is 8.16. The van der Waals surface area contributed by atoms with Gasteiger partial charge in [0.1, 0.15) is 17.2 Å². The summed E-state index contributed by atoms with van der Waals surface area (Å²) >= 11 is 5.85. The summed E-state index contributed by atoms with van der Waals surface area (Å²) in [6, 6.07) is 14.8. The van der Waals surface area contributed by atoms with Crippen molar-refractivity contribution in [1.82, 2.24) is 0 Å². The second-order valence-corrected chi connectivity index (χ2v) is 6.25. The van der Waals surface area contributed by atoms with Crippen LogP contribution >= 0.6 is 11.6 Å². The van der Waals surface area contributed by atoms with E-state index in [-0.39, 0.29) is 5.60 Å². The van der Waals surface area contributed by atoms with Gasteiger partial charge < -0.3 is 14.2 Å². The van der Waals surface area contributed by atoms with Gasteiger partial charge in [0, 0.05) is 18.1 Å². The van der Waals surface area contributed by atoms with Gasteiger partial charge in [0.2, 0.25) is 0 Å². The van der Waals surface area contributed by atoms with E-state index >= 15 is 0 Å². The summed E-state index contributed by atoms with van der Waals surface area (Å²) in [5.74, 6) is 2.33. The standard InChI is InChI=1S/C19H23ClO3/c1-4-22-19(2,3)13-14-21-16-9-11-18(12-10-16)23-17-7-5-15(20)6-8-17/h5-12H,4,13-14H2,1-3H3. The molecule has 0 aliphatic carbocycles. The Morgan fingerprint density at radius 3 is 1.96 bits per heavy atom. The van der Waals surface area contributed by atoms with E-state index in [9.17, 15) is 0 Å². The lowest BCUT2D eigenvalue weighted by molar-refractivity contribution is -0.0238. The monoisotopic (exact) mass is 334 g/mol. The summed E-state index contributed by atoms with van der Waals surface area (Å²) in [5, 5.41) is 0.691. The number of benzene rings is 2. The Labute approximate surface area is 143 Å². The Morgan fingerprint density at radius 2 is 1.39 bits per heavy atom. The van der Waals surface area contributed by atoms with E-state index in [1.165, 1.54) is 0 Å². The van der Waals surface area contributed by atoms with Crippen LogP contribution in [0.15, 0.2) is 48.5 Å². The first-order valence-electron chi connectivity index (χ1n) is 7.79. The molecule has 2 rings (SSSR count). The summed E-state index contributed by atoms with van der Waals surface area (Å²) in [6.45, 7) is 7.47. The Hall–Kier alpha value is -1.71. The molecule has 0 N–H and O–H groups in total. The van der Waals surface area contributed by atoms with Gasteiger partial charge in [-0.3, -0.25) is 0 Å². The average Bonchev–Trinajstić information content (AvgIpc) is 2.51. The lowest BCUT2D eigenvalue weighted by Gasteiger charge is -2.24. The van der Waals surface area contributed by atoms with Gasteiger partial charge in [-0.1, -0.05) is 11.6 Å². The van der Waals surface area contributed by atoms with Crippen LogP contribution in [0.4, 0.5) is 0 Å². The third-order valence-corrected chi connectivity index (χ3v) is 3.63. The number of halogens is 1. The van der Waals surface area contributed by atoms with E-state index in [0.29, 0.717) is 18.2 Å². The van der Waals surface area contributed by atoms with Gasteiger partial charge in [-0.2, -0.15) is 0 Å². The van der Waals surface area contributed by atoms with Crippen molar-refractivity contribution in [3.8, 4) is 17.2 Å². The van der Waals surface area contributed by atoms with E-state index in [2.05, 4.69) is 13.8 Å². The summed E-state index contributed by atoms with van der Waals surface area (Å²) in [4.78, 5) is 0. The normalized spacial score (nSPS) is 11.3. The Kier molecular flexibility index (Phi) is 6.31. The van der Waals surface area contributed by atoms with Crippen molar-refractivity contribution in [3.05, 3.63) is 53.6 Å². The molecule has 0 bridgehead atoms. The van der Waals surface area contributed by atoms with E-state index in [1.54, 1.807) is 12.1 Å². The molecule has 0 heterocycles. The van der Waals surface area contributed by atoms with Crippen LogP contribution in [-0.4, -0.2) is 18.8 Å². The summed E-state index contributed by atoms with van der Waals surface area (Å²) < 4.78 is 17.2. The van der Waals surface area contributed by atoms with Gasteiger partial charge in [0.15, 0.2) is 0 Å². The van der Waals surface area contributed by atoms with Crippen molar-refractivity contribution < 1.29 is 14.2 Å². The highest BCUT2D eigenvalue weighted by Crippen LogP contribution is 2.25. The smallest absolute Gasteiger partial charge is 0.127 e. The summed E-state index contributed by atoms with van der Waals surface area (Å²) in [7, 11) is 0. The summed E-state index contributed by atoms with van der Waals surface area (Å²) in [6.07, 6.45) is 0.837. The third-order valence-electron chi connectivity index (χ3n) is 3.38. The Balaban J connectivity index is 1.83. The molecule has 4 heteroatoms. The van der Waals surface area contributed by atoms with Crippen LogP contribution in [0.5, 0.6) is 17.2 Å². The van der Waals surface area contributed by atoms with Crippen molar-refractivity contribution in [2.45, 2.75) is 32.8 Å². The molecule has 23 heavy (non-hydrogen) atoms. The Bertz CT molecular complexity index is 591. The highest BCUT2D eigenvalue weighted by atomic mass is 35.5. The predicted octanol–water partition coefficient (Wildman–Crippen LogP) is 5.72. The maximum absolute atomic E-state index is 5.85. The van der Waals surface area contributed by atoms with Gasteiger partial charge in [-0.05, 0) is 69.3 Å². The third kappa shape index (κ3) is 6.12. The highest BCUT2D eigenvalue weighted by molar-refractivity contribution is 6.30. The fraction of sp³-hybridized carbons (Fsp3) is 0.368. The SMILES string of the molecule is CCOC(C)(C)CCOc1ccc(Oc2ccc(Cl)cc2)cc1. The van der Waals surface area contributed by atoms with Gasteiger partial charge in [0.05, 0.1) is 12.2 Å². The molecule has 0 amide bonds. The first kappa shape index (κ1) is 17.6. The Morgan fingerprint density at radius 1 is 0.870 bits per heavy atom. The molecule has 2 aromatic rings. The van der Waals surface area contributed by atoms with E-state index in [1.807, 2.05) is 43.3 Å². The fourth-order valence-electron chi connectivity index (χ4n) is 2.12. The molecule has 0 atom stereocenters. The van der Waals surface area contributed by atoms with Crippen molar-refractivity contribution in [1.29, 1.82) is 0 Å². The minimum absolute atomic E-state index is 0.160. The largest absolute Gasteiger partial charge is 0.493 e. The molecule has 0 unspecified atom stereocenters. The quantitative estimate of drug-likeness (QED) is 0.618. The zero-order chi connectivity index (χ0) is 16.7. The molecule has 2 aromatic carbocycles. The van der Waals surface area contributed by atoms with Crippen LogP contribution in [0.2, 0.25) is 5.02 Å². The molecular weight excluding hydrogens is 312 g/mol. The van der Waals surface area contributed by atoms with Crippen LogP contribution < -0.4 is 9.47 Å². The van der Waals surface area contributed by atoms with Gasteiger partial charge in [-0.15, -0.1) is 0 Å². The molecule has 0 radical (unpaired) electrons. The fourth-order valence-corrected chi connectivity index (χ4v) is 2.25. The maximum atomic E-state index is 5.85. The highest BCUT2D eigenvalue weighted by Gasteiger charge is 2.17. The van der Waals surface area contributed by atoms with Crippen LogP contribution in [0.25, 0.3) is 0 Å². The van der Waals surface area contributed by atoms with E-state index in [4.69, 9.17) is 25.8 Å². The number of hydrogen-bond donors (Lipinski definition) is 0. The minimum Gasteiger partial charge on any atom is -0.493 e. The molecule has 0 fully saturated rings. The molecule has 0 saturated carbocycles. The molecular formula is C19H23ClO3. The van der Waals surface area contributed by atoms with Crippen molar-refractivity contribution in [3.63, 3.8) is 0 Å². The van der Waals surface area contributed by atoms with Crippen LogP contribution in [0.1, 0.15) is 27.2 Å². The average molecular weight is 335 g/mol. The molecule has 0 aliphatic rings. The van der Waals surface area contributed by atoms with Crippen molar-refractivity contribution in [2.75, 3.05) is 13.2 Å². The number of ether oxygens (including phenoxy) is 3. The maximum Gasteiger partial charge on any atom is 0.127 e. The lowest BCUT2D eigenvalue weighted by Crippen LogP contribution is -2.26. The zero-order valence-electron chi connectivity index (χ0n) is 13.8. The van der Waals surface area contributed by atoms with Gasteiger partial charge in [-0.25, -0.2) is 0 Å². The van der Waals surface area contributed by atoms with Crippen LogP contribution in [-0.2, 0) is 4.74 Å². The van der Waals surface area contributed by atoms with Crippen LogP contribution in [0.3, 0.4) is 0 Å². The van der Waals surface area contributed by atoms with Crippen molar-refractivity contribution in [2.24, 2.45) is 0 Å². The van der Waals surface area contributed by atoms with E-state index < -0.39 is 0 Å². The number of hydrogen-bond acceptors (Lipinski definition) is 3. The van der Waals surface area contributed by atoms with Crippen molar-refractivity contribution >= 4 is 11.6 Å². The molecule has 0 spiro atoms. The molecule has 0 aliphatic heterocycles. The minimum atomic E-state index is -0.160. The first-order chi connectivity index (χ1) is 11.0. The molecule has 0 aromatic heterocycles. The molecule has 3 nitrogen and oxygen atoms in total. The zero-order valence-corrected chi connectivity index (χ0v) is 14.6. The second-order valence-electron chi connectivity index (χ2n) is 5.82. The number of rotatable bonds is 8. The summed E-state index contributed by atoms with van der Waals surface area (Å²) in [5.41, 5.74) is -0.160. The predicted molar refractivity (Wildman–Crippen MR) is 93.8 cm³/mol. The molecule has 124 valence electrons. The molecule has 0 saturated heterocycles. The van der Waals surface area contributed by atoms with Gasteiger partial charge in [0.25, 0.3) is 0 Å².